The maximum absolute atomic E-state index is 13.9. The van der Waals surface area contributed by atoms with Crippen molar-refractivity contribution in [2.24, 2.45) is 0 Å². The Morgan fingerprint density at radius 2 is 0.336 bits per heavy atom. The van der Waals surface area contributed by atoms with E-state index in [4.69, 9.17) is 0 Å². The van der Waals surface area contributed by atoms with Gasteiger partial charge < -0.3 is 0 Å². The van der Waals surface area contributed by atoms with Crippen molar-refractivity contribution < 1.29 is 38.4 Å². The summed E-state index contributed by atoms with van der Waals surface area (Å²) in [5.74, 6) is -3.37. The van der Waals surface area contributed by atoms with Crippen LogP contribution in [0.4, 0.5) is 22.7 Å². The highest BCUT2D eigenvalue weighted by Crippen LogP contribution is 2.48. The van der Waals surface area contributed by atoms with Crippen molar-refractivity contribution in [1.82, 2.24) is 9.97 Å². The van der Waals surface area contributed by atoms with Gasteiger partial charge >= 0.3 is 0 Å². The molecular weight excluding hydrogens is 1510 g/mol. The van der Waals surface area contributed by atoms with Gasteiger partial charge in [-0.25, -0.2) is 19.6 Å². The number of imide groups is 4. The molecule has 0 aliphatic carbocycles. The molecule has 4 aliphatic rings. The summed E-state index contributed by atoms with van der Waals surface area (Å²) in [4.78, 5) is 123. The minimum atomic E-state index is -0.481. The number of benzene rings is 12. The van der Waals surface area contributed by atoms with Crippen LogP contribution in [0, 0.1) is 27.7 Å². The van der Waals surface area contributed by atoms with Gasteiger partial charge in [0.05, 0.1) is 33.8 Å². The van der Waals surface area contributed by atoms with Gasteiger partial charge in [-0.15, -0.1) is 0 Å². The Labute approximate surface area is 730 Å². The third-order valence-corrected chi connectivity index (χ3v) is 18.0. The van der Waals surface area contributed by atoms with Crippen LogP contribution in [0.5, 0.6) is 0 Å². The van der Waals surface area contributed by atoms with Gasteiger partial charge in [-0.2, -0.15) is 0 Å². The number of pyridine rings is 2. The molecule has 8 amide bonds. The third-order valence-electron chi connectivity index (χ3n) is 18.0. The van der Waals surface area contributed by atoms with Crippen LogP contribution >= 0.6 is 0 Å². The SMILES string of the molecule is CC.CC.CC.CC.CC.CC.CC.CC.CC.CC.CC.CC.CC.CC.CC.Cc1ccc(N2C(=O)c3ccc4c5c(ccc(c35)C2=O)C(=O)N(c2ccc(C)cc2)C4=O)cc1.Cc1ccc(N2C(=O)c3ccc4c5ccc6c7c(ccc(c8ccc(c3c48)C2=O)c75)C(=O)N(c2ccc(C)cc2)C6=O)cc1.c1cnc2c(c1)ccc1cccnc12. The zero-order valence-corrected chi connectivity index (χ0v) is 79.7. The fraction of sp³-hybridized carbons (Fsp3) is 0.315. The van der Waals surface area contributed by atoms with Crippen molar-refractivity contribution >= 4 is 146 Å². The summed E-state index contributed by atoms with van der Waals surface area (Å²) in [6, 6.07) is 62.2. The Kier molecular flexibility index (Phi) is 48.2. The van der Waals surface area contributed by atoms with Gasteiger partial charge in [0, 0.05) is 89.2 Å². The van der Waals surface area contributed by atoms with Crippen LogP contribution in [-0.4, -0.2) is 57.2 Å². The van der Waals surface area contributed by atoms with Crippen LogP contribution in [0.2, 0.25) is 0 Å². The van der Waals surface area contributed by atoms with Crippen molar-refractivity contribution in [3.8, 4) is 0 Å². The van der Waals surface area contributed by atoms with E-state index in [2.05, 4.69) is 34.2 Å². The Morgan fingerprint density at radius 3 is 0.508 bits per heavy atom. The monoisotopic (exact) mass is 1650 g/mol. The summed E-state index contributed by atoms with van der Waals surface area (Å²) in [5, 5.41) is 9.37. The first-order chi connectivity index (χ1) is 59.6. The highest BCUT2D eigenvalue weighted by Gasteiger charge is 2.42. The van der Waals surface area contributed by atoms with Crippen LogP contribution in [0.3, 0.4) is 0 Å². The first-order valence-corrected chi connectivity index (χ1v) is 44.9. The zero-order chi connectivity index (χ0) is 93.1. The molecule has 0 bridgehead atoms. The summed E-state index contributed by atoms with van der Waals surface area (Å²) >= 11 is 0. The molecule has 0 fully saturated rings. The molecular formula is C108H138N6O8. The van der Waals surface area contributed by atoms with Crippen LogP contribution in [0.15, 0.2) is 219 Å². The first kappa shape index (κ1) is 108. The average Bonchev–Trinajstić information content (AvgIpc) is 0.693. The van der Waals surface area contributed by atoms with E-state index in [-0.39, 0.29) is 23.6 Å². The molecule has 0 unspecified atom stereocenters. The molecule has 6 heterocycles. The minimum absolute atomic E-state index is 0.292. The molecule has 0 atom stereocenters. The van der Waals surface area contributed by atoms with Crippen molar-refractivity contribution in [2.75, 3.05) is 19.6 Å². The number of carbonyl (C=O) groups is 8. The standard InChI is InChI=1S/C38H22N2O4.C28H18N2O4.C12H8N2.15C2H6/c1-19-3-7-21(8-4-19)39-35(41)27-15-11-23-25-13-17-29-34-30(38(44)40(37(29)43)22-9-5-20(2)6-10-22)18-14-26(32(25)34)24-12-16-28(36(39)42)33(27)31(23)24;1-15-3-7-17(8-4-15)29-25(31)19-11-13-21-24-22(14-12-20(23(19)24)26(29)32)28(34)30(27(21)33)18-9-5-16(2)6-10-18;1-3-9-5-6-10-4-2-8-14-12(10)11(9)13-7-1;15*1-2/h3-18H,1-2H3;3-14H,1-2H3;1-8H;15*1-2H3. The largest absolute Gasteiger partial charge is 0.268 e. The molecule has 14 aromatic rings. The van der Waals surface area contributed by atoms with Gasteiger partial charge in [0.2, 0.25) is 0 Å². The topological polar surface area (TPSA) is 175 Å². The van der Waals surface area contributed by atoms with Crippen molar-refractivity contribution in [2.45, 2.75) is 235 Å². The second-order valence-corrected chi connectivity index (χ2v) is 23.6. The fourth-order valence-corrected chi connectivity index (χ4v) is 13.5. The fourth-order valence-electron chi connectivity index (χ4n) is 13.5. The Balaban J connectivity index is 0.000000844. The minimum Gasteiger partial charge on any atom is -0.268 e. The van der Waals surface area contributed by atoms with Gasteiger partial charge in [0.25, 0.3) is 47.3 Å². The van der Waals surface area contributed by atoms with E-state index in [1.165, 1.54) is 9.80 Å². The molecule has 18 rings (SSSR count). The maximum Gasteiger partial charge on any atom is 0.265 e. The lowest BCUT2D eigenvalue weighted by atomic mass is 9.82. The number of nitrogens with zero attached hydrogens (tertiary/aromatic N) is 6. The number of hydrogen-bond donors (Lipinski definition) is 0. The van der Waals surface area contributed by atoms with Crippen LogP contribution in [0.25, 0.3) is 75.7 Å². The molecule has 2 aromatic heterocycles. The van der Waals surface area contributed by atoms with E-state index < -0.39 is 23.6 Å². The number of aryl methyl sites for hydroxylation is 4. The molecule has 0 spiro atoms. The number of rotatable bonds is 4. The van der Waals surface area contributed by atoms with E-state index in [1.807, 2.05) is 320 Å². The summed E-state index contributed by atoms with van der Waals surface area (Å²) in [5.41, 5.74) is 11.1. The maximum atomic E-state index is 13.9. The number of fused-ring (bicyclic) bond motifs is 5. The third kappa shape index (κ3) is 21.8. The summed E-state index contributed by atoms with van der Waals surface area (Å²) in [7, 11) is 0. The first-order valence-electron chi connectivity index (χ1n) is 44.9. The Bertz CT molecular complexity index is 5150. The second-order valence-electron chi connectivity index (χ2n) is 23.6. The summed E-state index contributed by atoms with van der Waals surface area (Å²) in [6.45, 7) is 67.8. The Hall–Kier alpha value is -12.4. The van der Waals surface area contributed by atoms with E-state index in [9.17, 15) is 38.4 Å². The molecule has 0 N–H and O–H groups in total. The highest BCUT2D eigenvalue weighted by atomic mass is 16.2. The number of anilines is 4. The molecule has 648 valence electrons. The normalized spacial score (nSPS) is 11.4. The van der Waals surface area contributed by atoms with E-state index in [1.54, 1.807) is 109 Å². The van der Waals surface area contributed by atoms with Crippen LogP contribution in [-0.2, 0) is 0 Å². The Morgan fingerprint density at radius 1 is 0.180 bits per heavy atom. The lowest BCUT2D eigenvalue weighted by Crippen LogP contribution is -2.43. The van der Waals surface area contributed by atoms with Crippen molar-refractivity contribution in [3.63, 3.8) is 0 Å². The van der Waals surface area contributed by atoms with Crippen LogP contribution in [0.1, 0.15) is 313 Å². The van der Waals surface area contributed by atoms with Crippen molar-refractivity contribution in [1.29, 1.82) is 0 Å². The average molecular weight is 1650 g/mol. The number of aromatic nitrogens is 2. The molecule has 12 aromatic carbocycles. The number of carbonyl (C=O) groups excluding carboxylic acids is 8. The van der Waals surface area contributed by atoms with E-state index in [0.717, 1.165) is 86.2 Å². The summed E-state index contributed by atoms with van der Waals surface area (Å²) in [6.07, 6.45) is 3.60. The number of amides is 8. The van der Waals surface area contributed by atoms with Crippen molar-refractivity contribution in [3.05, 3.63) is 285 Å². The lowest BCUT2D eigenvalue weighted by molar-refractivity contribution is 0.0873. The predicted octanol–water partition coefficient (Wildman–Crippen LogP) is 31.2. The molecule has 0 radical (unpaired) electrons. The van der Waals surface area contributed by atoms with Gasteiger partial charge in [0.1, 0.15) is 0 Å². The zero-order valence-electron chi connectivity index (χ0n) is 79.7. The lowest BCUT2D eigenvalue weighted by Gasteiger charge is -2.32. The van der Waals surface area contributed by atoms with Gasteiger partial charge in [-0.3, -0.25) is 48.3 Å². The van der Waals surface area contributed by atoms with Gasteiger partial charge in [0.15, 0.2) is 0 Å². The van der Waals surface area contributed by atoms with Gasteiger partial charge in [-0.05, 0) is 169 Å². The molecule has 0 saturated heterocycles. The predicted molar refractivity (Wildman–Crippen MR) is 528 cm³/mol. The molecule has 14 nitrogen and oxygen atoms in total. The van der Waals surface area contributed by atoms with Crippen LogP contribution < -0.4 is 19.6 Å². The molecule has 14 heteroatoms. The molecule has 4 aliphatic heterocycles. The van der Waals surface area contributed by atoms with E-state index in [0.29, 0.717) is 88.8 Å². The quantitative estimate of drug-likeness (QED) is 0.0936. The molecule has 0 saturated carbocycles. The second kappa shape index (κ2) is 54.7. The van der Waals surface area contributed by atoms with E-state index >= 15 is 0 Å². The molecule has 122 heavy (non-hydrogen) atoms. The number of hydrogen-bond acceptors (Lipinski definition) is 10. The summed E-state index contributed by atoms with van der Waals surface area (Å²) < 4.78 is 0. The van der Waals surface area contributed by atoms with Gasteiger partial charge in [-0.1, -0.05) is 327 Å². The smallest absolute Gasteiger partial charge is 0.265 e. The highest BCUT2D eigenvalue weighted by molar-refractivity contribution is 6.46.